The zero-order valence-corrected chi connectivity index (χ0v) is 9.04. The molecule has 0 aliphatic heterocycles. The van der Waals surface area contributed by atoms with Gasteiger partial charge in [0.15, 0.2) is 0 Å². The van der Waals surface area contributed by atoms with Crippen LogP contribution in [0.2, 0.25) is 0 Å². The Morgan fingerprint density at radius 1 is 1.71 bits per heavy atom. The molecule has 0 aliphatic carbocycles. The molecule has 1 amide bonds. The number of hydrogen-bond acceptors (Lipinski definition) is 6. The number of amides is 1. The van der Waals surface area contributed by atoms with E-state index in [1.165, 1.54) is 25.9 Å². The second-order valence-electron chi connectivity index (χ2n) is 2.17. The van der Waals surface area contributed by atoms with Crippen LogP contribution in [0.4, 0.5) is 0 Å². The monoisotopic (exact) mass is 219 g/mol. The molecule has 0 saturated carbocycles. The molecule has 7 heteroatoms. The van der Waals surface area contributed by atoms with Gasteiger partial charge in [0.05, 0.1) is 6.21 Å². The van der Waals surface area contributed by atoms with Gasteiger partial charge in [-0.15, -0.1) is 11.8 Å². The zero-order chi connectivity index (χ0) is 11.0. The van der Waals surface area contributed by atoms with E-state index in [0.717, 1.165) is 6.21 Å². The van der Waals surface area contributed by atoms with Crippen LogP contribution in [0.5, 0.6) is 0 Å². The minimum Gasteiger partial charge on any atom is -0.411 e. The first-order valence-electron chi connectivity index (χ1n) is 3.74. The summed E-state index contributed by atoms with van der Waals surface area (Å²) in [6.07, 6.45) is 2.82. The minimum absolute atomic E-state index is 0.229. The number of rotatable bonds is 5. The van der Waals surface area contributed by atoms with Gasteiger partial charge < -0.3 is 15.4 Å². The molecule has 0 aromatic heterocycles. The number of nitrogens with one attached hydrogen (secondary N) is 1. The highest BCUT2D eigenvalue weighted by Crippen LogP contribution is 2.08. The third-order valence-electron chi connectivity index (χ3n) is 1.38. The molecule has 0 aliphatic rings. The third kappa shape index (κ3) is 3.65. The first-order valence-corrected chi connectivity index (χ1v) is 5.02. The Morgan fingerprint density at radius 2 is 2.36 bits per heavy atom. The van der Waals surface area contributed by atoms with Crippen molar-refractivity contribution >= 4 is 29.6 Å². The van der Waals surface area contributed by atoms with Gasteiger partial charge in [-0.3, -0.25) is 4.79 Å². The molecule has 0 rings (SSSR count). The lowest BCUT2D eigenvalue weighted by molar-refractivity contribution is -0.119. The summed E-state index contributed by atoms with van der Waals surface area (Å²) in [6, 6.07) is 0. The quantitative estimate of drug-likeness (QED) is 0.385. The maximum atomic E-state index is 11.3. The molecule has 6 nitrogen and oxygen atoms in total. The molecule has 80 valence electrons. The number of carbonyl (C=O) groups is 1. The molecule has 0 saturated heterocycles. The lowest BCUT2D eigenvalue weighted by atomic mass is 10.2. The topological polar surface area (TPSA) is 83.3 Å². The van der Waals surface area contributed by atoms with E-state index in [-0.39, 0.29) is 11.6 Å². The van der Waals surface area contributed by atoms with E-state index < -0.39 is 5.25 Å². The van der Waals surface area contributed by atoms with E-state index >= 15 is 0 Å². The van der Waals surface area contributed by atoms with Crippen molar-refractivity contribution in [3.8, 4) is 0 Å². The number of carbonyl (C=O) groups excluding carboxylic acids is 1. The highest BCUT2D eigenvalue weighted by molar-refractivity contribution is 8.00. The maximum Gasteiger partial charge on any atom is 0.239 e. The number of oxime groups is 2. The van der Waals surface area contributed by atoms with Crippen LogP contribution in [0.25, 0.3) is 0 Å². The van der Waals surface area contributed by atoms with Gasteiger partial charge in [-0.1, -0.05) is 10.3 Å². The number of hydrogen-bond donors (Lipinski definition) is 2. The molecule has 1 unspecified atom stereocenters. The minimum atomic E-state index is -0.546. The van der Waals surface area contributed by atoms with Crippen molar-refractivity contribution in [2.45, 2.75) is 5.25 Å². The summed E-state index contributed by atoms with van der Waals surface area (Å²) in [5.74, 6) is -0.229. The number of nitrogens with zero attached hydrogens (tertiary/aromatic N) is 2. The molecule has 1 atom stereocenters. The predicted molar refractivity (Wildman–Crippen MR) is 56.1 cm³/mol. The van der Waals surface area contributed by atoms with Gasteiger partial charge in [-0.2, -0.15) is 0 Å². The Morgan fingerprint density at radius 3 is 2.71 bits per heavy atom. The van der Waals surface area contributed by atoms with Crippen molar-refractivity contribution < 1.29 is 14.8 Å². The van der Waals surface area contributed by atoms with Crippen molar-refractivity contribution in [2.24, 2.45) is 10.3 Å². The molecule has 0 fully saturated rings. The lowest BCUT2D eigenvalue weighted by Gasteiger charge is -2.10. The molecule has 0 bridgehead atoms. The summed E-state index contributed by atoms with van der Waals surface area (Å²) in [6.45, 7) is 0. The van der Waals surface area contributed by atoms with Crippen LogP contribution in [0, 0.1) is 0 Å². The van der Waals surface area contributed by atoms with Gasteiger partial charge in [0.1, 0.15) is 18.1 Å². The molecule has 0 radical (unpaired) electrons. The first-order chi connectivity index (χ1) is 6.71. The van der Waals surface area contributed by atoms with Crippen molar-refractivity contribution in [3.05, 3.63) is 0 Å². The van der Waals surface area contributed by atoms with E-state index in [9.17, 15) is 4.79 Å². The molecule has 14 heavy (non-hydrogen) atoms. The third-order valence-corrected chi connectivity index (χ3v) is 2.30. The van der Waals surface area contributed by atoms with E-state index in [2.05, 4.69) is 20.5 Å². The van der Waals surface area contributed by atoms with Crippen LogP contribution >= 0.6 is 11.8 Å². The van der Waals surface area contributed by atoms with Gasteiger partial charge in [0, 0.05) is 7.05 Å². The smallest absolute Gasteiger partial charge is 0.239 e. The fourth-order valence-corrected chi connectivity index (χ4v) is 1.47. The summed E-state index contributed by atoms with van der Waals surface area (Å²) >= 11 is 1.27. The van der Waals surface area contributed by atoms with Crippen LogP contribution in [0.3, 0.4) is 0 Å². The maximum absolute atomic E-state index is 11.3. The molecule has 2 N–H and O–H groups in total. The first kappa shape index (κ1) is 12.8. The Labute approximate surface area is 86.4 Å². The summed E-state index contributed by atoms with van der Waals surface area (Å²) < 4.78 is 0. The Hall–Kier alpha value is -1.24. The van der Waals surface area contributed by atoms with Crippen molar-refractivity contribution in [3.63, 3.8) is 0 Å². The summed E-state index contributed by atoms with van der Waals surface area (Å²) in [5, 5.41) is 16.7. The molecule has 0 aromatic carbocycles. The normalized spacial score (nSPS) is 14.1. The lowest BCUT2D eigenvalue weighted by Crippen LogP contribution is -2.36. The average Bonchev–Trinajstić information content (AvgIpc) is 2.19. The largest absolute Gasteiger partial charge is 0.411 e. The van der Waals surface area contributed by atoms with E-state index in [1.54, 1.807) is 6.26 Å². The molecule has 0 spiro atoms. The van der Waals surface area contributed by atoms with Gasteiger partial charge >= 0.3 is 0 Å². The fraction of sp³-hybridized carbons (Fsp3) is 0.571. The van der Waals surface area contributed by atoms with Crippen molar-refractivity contribution in [2.75, 3.05) is 20.4 Å². The van der Waals surface area contributed by atoms with Gasteiger partial charge in [0.2, 0.25) is 5.91 Å². The summed E-state index contributed by atoms with van der Waals surface area (Å²) in [4.78, 5) is 15.8. The highest BCUT2D eigenvalue weighted by Gasteiger charge is 2.22. The van der Waals surface area contributed by atoms with E-state index in [0.29, 0.717) is 0 Å². The second kappa shape index (κ2) is 7.19. The summed E-state index contributed by atoms with van der Waals surface area (Å²) in [5.41, 5.74) is 0.252. The SMILES string of the molecule is CNC(=O)C(SC)C(C=NO)=NOC. The Bertz CT molecular complexity index is 242. The highest BCUT2D eigenvalue weighted by atomic mass is 32.2. The molecule has 0 aromatic rings. The van der Waals surface area contributed by atoms with Crippen LogP contribution in [-0.4, -0.2) is 48.7 Å². The van der Waals surface area contributed by atoms with Crippen molar-refractivity contribution in [1.82, 2.24) is 5.32 Å². The predicted octanol–water partition coefficient (Wildman–Crippen LogP) is -0.0736. The van der Waals surface area contributed by atoms with E-state index in [1.807, 2.05) is 0 Å². The van der Waals surface area contributed by atoms with Gasteiger partial charge in [-0.25, -0.2) is 0 Å². The van der Waals surface area contributed by atoms with Crippen LogP contribution in [-0.2, 0) is 9.63 Å². The second-order valence-corrected chi connectivity index (χ2v) is 3.12. The average molecular weight is 219 g/mol. The van der Waals surface area contributed by atoms with Crippen LogP contribution in [0.15, 0.2) is 10.3 Å². The zero-order valence-electron chi connectivity index (χ0n) is 8.22. The van der Waals surface area contributed by atoms with Crippen LogP contribution < -0.4 is 5.32 Å². The fourth-order valence-electron chi connectivity index (χ4n) is 0.797. The number of thioether (sulfide) groups is 1. The standard InChI is InChI=1S/C7H13N3O3S/c1-8-7(11)6(14-3)5(4-9-12)10-13-2/h4,6,12H,1-3H3,(H,8,11). The molecular weight excluding hydrogens is 206 g/mol. The van der Waals surface area contributed by atoms with Crippen LogP contribution in [0.1, 0.15) is 0 Å². The van der Waals surface area contributed by atoms with E-state index in [4.69, 9.17) is 5.21 Å². The van der Waals surface area contributed by atoms with Crippen molar-refractivity contribution in [1.29, 1.82) is 0 Å². The molecule has 0 heterocycles. The Balaban J connectivity index is 4.76. The van der Waals surface area contributed by atoms with Gasteiger partial charge in [-0.05, 0) is 6.26 Å². The Kier molecular flexibility index (Phi) is 6.55. The van der Waals surface area contributed by atoms with Gasteiger partial charge in [0.25, 0.3) is 0 Å². The summed E-state index contributed by atoms with van der Waals surface area (Å²) in [7, 11) is 2.87. The molecular formula is C7H13N3O3S.